The van der Waals surface area contributed by atoms with Crippen molar-refractivity contribution in [1.82, 2.24) is 30.0 Å². The number of anilines is 2. The number of ether oxygens (including phenoxy) is 1. The van der Waals surface area contributed by atoms with E-state index >= 15 is 0 Å². The van der Waals surface area contributed by atoms with Crippen molar-refractivity contribution in [2.24, 2.45) is 0 Å². The number of hydrogen-bond donors (Lipinski definition) is 3. The maximum absolute atomic E-state index is 13.0. The third-order valence-corrected chi connectivity index (χ3v) is 9.09. The molecule has 4 heterocycles. The SMILES string of the molecule is CC(C)(C)OC(=O)N1CCN(C(=O)Nc2ccc(Cl)cc2)C(Cc2cccnc2)C1.Cl.Cl.O=C(Nc1ccc(Cl)cc1)N1CCNCC1Cc1cccnc1. The molecular formula is C39H48Cl4N8O4. The molecule has 2 aliphatic heterocycles. The van der Waals surface area contributed by atoms with Crippen molar-refractivity contribution in [3.63, 3.8) is 0 Å². The lowest BCUT2D eigenvalue weighted by molar-refractivity contribution is 0.00976. The van der Waals surface area contributed by atoms with Crippen LogP contribution in [0.2, 0.25) is 10.0 Å². The third-order valence-electron chi connectivity index (χ3n) is 8.59. The van der Waals surface area contributed by atoms with Crippen LogP contribution in [0.5, 0.6) is 0 Å². The number of carbonyl (C=O) groups excluding carboxylic acids is 3. The molecule has 2 aromatic carbocycles. The van der Waals surface area contributed by atoms with E-state index in [-0.39, 0.29) is 55.1 Å². The van der Waals surface area contributed by atoms with E-state index in [0.29, 0.717) is 48.3 Å². The number of rotatable bonds is 6. The quantitative estimate of drug-likeness (QED) is 0.179. The minimum absolute atomic E-state index is 0. The summed E-state index contributed by atoms with van der Waals surface area (Å²) in [6.07, 6.45) is 8.11. The summed E-state index contributed by atoms with van der Waals surface area (Å²) >= 11 is 11.8. The van der Waals surface area contributed by atoms with Gasteiger partial charge in [0.2, 0.25) is 0 Å². The fraction of sp³-hybridized carbons (Fsp3) is 0.359. The number of urea groups is 2. The lowest BCUT2D eigenvalue weighted by atomic mass is 10.0. The number of carbonyl (C=O) groups is 3. The van der Waals surface area contributed by atoms with Crippen molar-refractivity contribution in [3.05, 3.63) is 119 Å². The van der Waals surface area contributed by atoms with Crippen LogP contribution in [0.25, 0.3) is 0 Å². The zero-order chi connectivity index (χ0) is 37.8. The number of nitrogens with zero attached hydrogens (tertiary/aromatic N) is 5. The Bertz CT molecular complexity index is 1790. The Morgan fingerprint density at radius 3 is 1.71 bits per heavy atom. The predicted octanol–water partition coefficient (Wildman–Crippen LogP) is 8.06. The maximum atomic E-state index is 13.0. The molecule has 2 atom stereocenters. The van der Waals surface area contributed by atoms with Crippen molar-refractivity contribution >= 4 is 77.5 Å². The molecule has 5 amide bonds. The molecule has 55 heavy (non-hydrogen) atoms. The van der Waals surface area contributed by atoms with Crippen molar-refractivity contribution in [3.8, 4) is 0 Å². The topological polar surface area (TPSA) is 132 Å². The van der Waals surface area contributed by atoms with Gasteiger partial charge in [-0.15, -0.1) is 24.8 Å². The average Bonchev–Trinajstić information content (AvgIpc) is 3.14. The van der Waals surface area contributed by atoms with E-state index in [2.05, 4.69) is 25.9 Å². The second-order valence-corrected chi connectivity index (χ2v) is 14.7. The van der Waals surface area contributed by atoms with Gasteiger partial charge in [0, 0.05) is 85.5 Å². The Morgan fingerprint density at radius 1 is 0.745 bits per heavy atom. The second kappa shape index (κ2) is 21.7. The highest BCUT2D eigenvalue weighted by Gasteiger charge is 2.34. The van der Waals surface area contributed by atoms with Gasteiger partial charge in [-0.2, -0.15) is 0 Å². The summed E-state index contributed by atoms with van der Waals surface area (Å²) in [5, 5.41) is 10.5. The fourth-order valence-electron chi connectivity index (χ4n) is 6.04. The van der Waals surface area contributed by atoms with E-state index in [0.717, 1.165) is 36.3 Å². The zero-order valence-electron chi connectivity index (χ0n) is 31.0. The van der Waals surface area contributed by atoms with E-state index in [9.17, 15) is 14.4 Å². The lowest BCUT2D eigenvalue weighted by Gasteiger charge is -2.41. The molecule has 4 aromatic rings. The first-order valence-electron chi connectivity index (χ1n) is 17.6. The van der Waals surface area contributed by atoms with Crippen LogP contribution in [-0.4, -0.2) is 99.8 Å². The van der Waals surface area contributed by atoms with E-state index in [4.69, 9.17) is 27.9 Å². The third kappa shape index (κ3) is 14.4. The van der Waals surface area contributed by atoms with Crippen molar-refractivity contribution in [1.29, 1.82) is 0 Å². The van der Waals surface area contributed by atoms with Crippen LogP contribution in [0.1, 0.15) is 31.9 Å². The first-order valence-corrected chi connectivity index (χ1v) is 18.3. The summed E-state index contributed by atoms with van der Waals surface area (Å²) in [4.78, 5) is 51.8. The number of aromatic nitrogens is 2. The van der Waals surface area contributed by atoms with Gasteiger partial charge in [0.05, 0.1) is 12.1 Å². The summed E-state index contributed by atoms with van der Waals surface area (Å²) in [5.74, 6) is 0. The molecule has 0 bridgehead atoms. The summed E-state index contributed by atoms with van der Waals surface area (Å²) in [6.45, 7) is 8.99. The van der Waals surface area contributed by atoms with E-state index in [1.807, 2.05) is 56.1 Å². The van der Waals surface area contributed by atoms with Crippen LogP contribution < -0.4 is 16.0 Å². The highest BCUT2D eigenvalue weighted by molar-refractivity contribution is 6.31. The van der Waals surface area contributed by atoms with Gasteiger partial charge in [0.25, 0.3) is 0 Å². The van der Waals surface area contributed by atoms with Crippen LogP contribution in [0.3, 0.4) is 0 Å². The number of nitrogens with one attached hydrogen (secondary N) is 3. The van der Waals surface area contributed by atoms with Gasteiger partial charge in [0.15, 0.2) is 0 Å². The minimum atomic E-state index is -0.570. The van der Waals surface area contributed by atoms with E-state index in [1.165, 1.54) is 0 Å². The van der Waals surface area contributed by atoms with Crippen LogP contribution in [0.15, 0.2) is 97.6 Å². The first kappa shape index (κ1) is 45.1. The van der Waals surface area contributed by atoms with Crippen LogP contribution in [0.4, 0.5) is 25.8 Å². The first-order chi connectivity index (χ1) is 25.4. The molecule has 3 N–H and O–H groups in total. The monoisotopic (exact) mass is 832 g/mol. The molecule has 6 rings (SSSR count). The Kier molecular flexibility index (Phi) is 17.8. The summed E-state index contributed by atoms with van der Waals surface area (Å²) in [6, 6.07) is 21.5. The smallest absolute Gasteiger partial charge is 0.410 e. The molecular weight excluding hydrogens is 786 g/mol. The maximum Gasteiger partial charge on any atom is 0.410 e. The van der Waals surface area contributed by atoms with Crippen LogP contribution >= 0.6 is 48.0 Å². The molecule has 2 aromatic heterocycles. The molecule has 0 radical (unpaired) electrons. The minimum Gasteiger partial charge on any atom is -0.444 e. The molecule has 2 saturated heterocycles. The molecule has 0 saturated carbocycles. The van der Waals surface area contributed by atoms with Crippen molar-refractivity contribution < 1.29 is 19.1 Å². The predicted molar refractivity (Wildman–Crippen MR) is 223 cm³/mol. The van der Waals surface area contributed by atoms with Gasteiger partial charge in [-0.1, -0.05) is 35.3 Å². The van der Waals surface area contributed by atoms with Gasteiger partial charge in [0.1, 0.15) is 5.60 Å². The molecule has 12 nitrogen and oxygen atoms in total. The normalized spacial score (nSPS) is 16.6. The summed E-state index contributed by atoms with van der Waals surface area (Å²) < 4.78 is 5.52. The molecule has 2 fully saturated rings. The van der Waals surface area contributed by atoms with Gasteiger partial charge in [-0.05, 0) is 105 Å². The average molecular weight is 835 g/mol. The number of hydrogen-bond acceptors (Lipinski definition) is 7. The number of halogens is 4. The molecule has 16 heteroatoms. The molecule has 296 valence electrons. The number of pyridine rings is 2. The van der Waals surface area contributed by atoms with Gasteiger partial charge in [-0.3, -0.25) is 9.97 Å². The summed E-state index contributed by atoms with van der Waals surface area (Å²) in [5.41, 5.74) is 2.97. The molecule has 0 spiro atoms. The number of piperazine rings is 2. The standard InChI is InChI=1S/C22H27ClN4O3.C17H19ClN4O.2ClH/c1-22(2,3)30-21(29)26-11-12-27(19(15-26)13-16-5-4-10-24-14-16)20(28)25-18-8-6-17(23)7-9-18;18-14-3-5-15(6-4-14)21-17(23)22-9-8-20-12-16(22)10-13-2-1-7-19-11-13;;/h4-10,14,19H,11-13,15H2,1-3H3,(H,25,28);1-7,11,16,20H,8-10,12H2,(H,21,23);2*1H. The Balaban J connectivity index is 0.000000294. The van der Waals surface area contributed by atoms with E-state index < -0.39 is 5.60 Å². The van der Waals surface area contributed by atoms with E-state index in [1.54, 1.807) is 76.9 Å². The Labute approximate surface area is 345 Å². The highest BCUT2D eigenvalue weighted by Crippen LogP contribution is 2.21. The van der Waals surface area contributed by atoms with Gasteiger partial charge in [-0.25, -0.2) is 14.4 Å². The van der Waals surface area contributed by atoms with Crippen molar-refractivity contribution in [2.45, 2.75) is 51.3 Å². The van der Waals surface area contributed by atoms with Gasteiger partial charge >= 0.3 is 18.2 Å². The largest absolute Gasteiger partial charge is 0.444 e. The second-order valence-electron chi connectivity index (χ2n) is 13.8. The molecule has 2 unspecified atom stereocenters. The zero-order valence-corrected chi connectivity index (χ0v) is 34.1. The summed E-state index contributed by atoms with van der Waals surface area (Å²) in [7, 11) is 0. The number of benzene rings is 2. The van der Waals surface area contributed by atoms with Gasteiger partial charge < -0.3 is 35.4 Å². The van der Waals surface area contributed by atoms with Crippen LogP contribution in [0, 0.1) is 0 Å². The highest BCUT2D eigenvalue weighted by atomic mass is 35.5. The molecule has 0 aliphatic carbocycles. The van der Waals surface area contributed by atoms with Crippen molar-refractivity contribution in [2.75, 3.05) is 49.9 Å². The Hall–Kier alpha value is -4.33. The lowest BCUT2D eigenvalue weighted by Crippen LogP contribution is -2.58. The van der Waals surface area contributed by atoms with Crippen LogP contribution in [-0.2, 0) is 17.6 Å². The number of amides is 5. The molecule has 2 aliphatic rings. The Morgan fingerprint density at radius 2 is 1.24 bits per heavy atom. The fourth-order valence-corrected chi connectivity index (χ4v) is 6.29.